The second-order valence-corrected chi connectivity index (χ2v) is 6.87. The fraction of sp³-hybridized carbons (Fsp3) is 0.133. The Balaban J connectivity index is 1.57. The van der Waals surface area contributed by atoms with Gasteiger partial charge in [0.15, 0.2) is 0 Å². The van der Waals surface area contributed by atoms with Gasteiger partial charge in [0.25, 0.3) is 5.56 Å². The Morgan fingerprint density at radius 2 is 2.12 bits per heavy atom. The first kappa shape index (κ1) is 15.8. The lowest BCUT2D eigenvalue weighted by atomic mass is 10.3. The van der Waals surface area contributed by atoms with E-state index in [9.17, 15) is 4.79 Å². The number of H-pyrrole nitrogens is 1. The molecule has 4 aromatic rings. The summed E-state index contributed by atoms with van der Waals surface area (Å²) in [6, 6.07) is 9.27. The van der Waals surface area contributed by atoms with Crippen molar-refractivity contribution in [3.63, 3.8) is 0 Å². The van der Waals surface area contributed by atoms with Crippen LogP contribution in [0.2, 0.25) is 0 Å². The first-order valence-electron chi connectivity index (χ1n) is 7.26. The average molecular weight is 372 g/mol. The lowest BCUT2D eigenvalue weighted by Gasteiger charge is -2.05. The molecule has 25 heavy (non-hydrogen) atoms. The number of aromatic nitrogens is 6. The maximum absolute atomic E-state index is 12.0. The molecule has 0 fully saturated rings. The summed E-state index contributed by atoms with van der Waals surface area (Å²) in [6.45, 7) is 0. The van der Waals surface area contributed by atoms with Gasteiger partial charge in [0.1, 0.15) is 16.3 Å². The highest BCUT2D eigenvalue weighted by Crippen LogP contribution is 2.23. The van der Waals surface area contributed by atoms with E-state index in [0.717, 1.165) is 11.4 Å². The third-order valence-corrected chi connectivity index (χ3v) is 5.29. The van der Waals surface area contributed by atoms with Crippen LogP contribution in [-0.4, -0.2) is 37.3 Å². The van der Waals surface area contributed by atoms with Crippen molar-refractivity contribution in [2.24, 2.45) is 0 Å². The molecule has 0 bridgehead atoms. The van der Waals surface area contributed by atoms with Gasteiger partial charge in [0, 0.05) is 0 Å². The first-order valence-corrected chi connectivity index (χ1v) is 9.13. The van der Waals surface area contributed by atoms with Crippen LogP contribution in [-0.2, 0) is 5.75 Å². The molecule has 4 rings (SSSR count). The molecular weight excluding hydrogens is 360 g/mol. The molecule has 0 radical (unpaired) electrons. The zero-order valence-corrected chi connectivity index (χ0v) is 14.7. The molecule has 0 unspecified atom stereocenters. The molecule has 0 spiro atoms. The van der Waals surface area contributed by atoms with Gasteiger partial charge in [-0.3, -0.25) is 4.79 Å². The van der Waals surface area contributed by atoms with Crippen molar-refractivity contribution in [1.82, 2.24) is 30.2 Å². The summed E-state index contributed by atoms with van der Waals surface area (Å²) in [4.78, 5) is 19.3. The minimum Gasteiger partial charge on any atom is -0.497 e. The Morgan fingerprint density at radius 3 is 2.92 bits per heavy atom. The van der Waals surface area contributed by atoms with Crippen molar-refractivity contribution in [2.75, 3.05) is 7.11 Å². The summed E-state index contributed by atoms with van der Waals surface area (Å²) < 4.78 is 7.42. The van der Waals surface area contributed by atoms with Crippen LogP contribution in [0.1, 0.15) is 5.82 Å². The predicted octanol–water partition coefficient (Wildman–Crippen LogP) is 2.26. The van der Waals surface area contributed by atoms with Gasteiger partial charge >= 0.3 is 0 Å². The van der Waals surface area contributed by atoms with Crippen molar-refractivity contribution in [1.29, 1.82) is 0 Å². The van der Waals surface area contributed by atoms with E-state index in [-0.39, 0.29) is 5.56 Å². The standard InChI is InChI=1S/C15H12N6O2S2/c1-23-10-4-2-9(3-5-10)21-15(18-19-20-21)25-8-12-16-11-6-7-24-13(11)14(22)17-12/h2-7H,8H2,1H3,(H,16,17,22). The predicted molar refractivity (Wildman–Crippen MR) is 95.5 cm³/mol. The van der Waals surface area contributed by atoms with Crippen molar-refractivity contribution in [3.8, 4) is 11.4 Å². The molecule has 0 atom stereocenters. The smallest absolute Gasteiger partial charge is 0.268 e. The largest absolute Gasteiger partial charge is 0.497 e. The molecule has 0 saturated carbocycles. The molecule has 1 aromatic carbocycles. The van der Waals surface area contributed by atoms with Crippen LogP contribution < -0.4 is 10.3 Å². The van der Waals surface area contributed by atoms with Gasteiger partial charge in [-0.1, -0.05) is 11.8 Å². The second-order valence-electron chi connectivity index (χ2n) is 5.01. The maximum Gasteiger partial charge on any atom is 0.268 e. The molecule has 0 aliphatic rings. The minimum atomic E-state index is -0.120. The topological polar surface area (TPSA) is 98.6 Å². The number of nitrogens with one attached hydrogen (secondary N) is 1. The molecule has 1 N–H and O–H groups in total. The quantitative estimate of drug-likeness (QED) is 0.537. The number of nitrogens with zero attached hydrogens (tertiary/aromatic N) is 5. The van der Waals surface area contributed by atoms with E-state index in [4.69, 9.17) is 4.74 Å². The van der Waals surface area contributed by atoms with E-state index in [1.165, 1.54) is 23.1 Å². The number of aromatic amines is 1. The maximum atomic E-state index is 12.0. The third-order valence-electron chi connectivity index (χ3n) is 3.46. The molecular formula is C15H12N6O2S2. The highest BCUT2D eigenvalue weighted by atomic mass is 32.2. The van der Waals surface area contributed by atoms with E-state index < -0.39 is 0 Å². The zero-order valence-electron chi connectivity index (χ0n) is 13.0. The Bertz CT molecular complexity index is 1070. The van der Waals surface area contributed by atoms with Crippen molar-refractivity contribution >= 4 is 33.3 Å². The average Bonchev–Trinajstić information content (AvgIpc) is 3.29. The van der Waals surface area contributed by atoms with Crippen LogP contribution in [0.3, 0.4) is 0 Å². The summed E-state index contributed by atoms with van der Waals surface area (Å²) in [7, 11) is 1.62. The fourth-order valence-corrected chi connectivity index (χ4v) is 3.76. The molecule has 8 nitrogen and oxygen atoms in total. The van der Waals surface area contributed by atoms with Gasteiger partial charge in [-0.25, -0.2) is 4.98 Å². The normalized spacial score (nSPS) is 11.1. The highest BCUT2D eigenvalue weighted by molar-refractivity contribution is 7.98. The second kappa shape index (κ2) is 6.65. The van der Waals surface area contributed by atoms with Crippen LogP contribution in [0.15, 0.2) is 45.7 Å². The number of thiophene rings is 1. The lowest BCUT2D eigenvalue weighted by Crippen LogP contribution is -2.09. The number of hydrogen-bond donors (Lipinski definition) is 1. The van der Waals surface area contributed by atoms with Crippen LogP contribution in [0.5, 0.6) is 5.75 Å². The van der Waals surface area contributed by atoms with Gasteiger partial charge in [0.05, 0.1) is 24.1 Å². The number of fused-ring (bicyclic) bond motifs is 1. The molecule has 0 amide bonds. The molecule has 0 aliphatic heterocycles. The van der Waals surface area contributed by atoms with Gasteiger partial charge < -0.3 is 9.72 Å². The highest BCUT2D eigenvalue weighted by Gasteiger charge is 2.11. The number of tetrazole rings is 1. The Morgan fingerprint density at radius 1 is 1.28 bits per heavy atom. The third kappa shape index (κ3) is 3.13. The van der Waals surface area contributed by atoms with Crippen molar-refractivity contribution in [3.05, 3.63) is 51.9 Å². The van der Waals surface area contributed by atoms with Crippen LogP contribution >= 0.6 is 23.1 Å². The lowest BCUT2D eigenvalue weighted by molar-refractivity contribution is 0.414. The molecule has 3 aromatic heterocycles. The van der Waals surface area contributed by atoms with Gasteiger partial charge in [-0.2, -0.15) is 4.68 Å². The van der Waals surface area contributed by atoms with Gasteiger partial charge in [0.2, 0.25) is 5.16 Å². The van der Waals surface area contributed by atoms with E-state index in [1.54, 1.807) is 11.8 Å². The van der Waals surface area contributed by atoms with Crippen LogP contribution in [0.4, 0.5) is 0 Å². The van der Waals surface area contributed by atoms with E-state index in [0.29, 0.717) is 27.0 Å². The summed E-state index contributed by atoms with van der Waals surface area (Å²) in [6.07, 6.45) is 0. The molecule has 3 heterocycles. The zero-order chi connectivity index (χ0) is 17.2. The summed E-state index contributed by atoms with van der Waals surface area (Å²) in [5.41, 5.74) is 1.41. The monoisotopic (exact) mass is 372 g/mol. The number of ether oxygens (including phenoxy) is 1. The number of rotatable bonds is 5. The minimum absolute atomic E-state index is 0.120. The molecule has 126 valence electrons. The summed E-state index contributed by atoms with van der Waals surface area (Å²) in [5, 5.41) is 14.3. The summed E-state index contributed by atoms with van der Waals surface area (Å²) >= 11 is 2.78. The number of thioether (sulfide) groups is 1. The van der Waals surface area contributed by atoms with E-state index in [1.807, 2.05) is 35.7 Å². The fourth-order valence-electron chi connectivity index (χ4n) is 2.28. The van der Waals surface area contributed by atoms with Gasteiger partial charge in [-0.15, -0.1) is 16.4 Å². The Hall–Kier alpha value is -2.72. The Kier molecular flexibility index (Phi) is 4.20. The Labute approximate surface area is 149 Å². The molecule has 0 saturated heterocycles. The molecule has 10 heteroatoms. The number of benzene rings is 1. The van der Waals surface area contributed by atoms with E-state index in [2.05, 4.69) is 25.5 Å². The first-order chi connectivity index (χ1) is 12.2. The number of methoxy groups -OCH3 is 1. The van der Waals surface area contributed by atoms with Crippen molar-refractivity contribution in [2.45, 2.75) is 10.9 Å². The number of hydrogen-bond acceptors (Lipinski definition) is 8. The molecule has 0 aliphatic carbocycles. The van der Waals surface area contributed by atoms with Crippen molar-refractivity contribution < 1.29 is 4.74 Å². The van der Waals surface area contributed by atoms with E-state index >= 15 is 0 Å². The van der Waals surface area contributed by atoms with Crippen LogP contribution in [0.25, 0.3) is 15.9 Å². The van der Waals surface area contributed by atoms with Gasteiger partial charge in [-0.05, 0) is 46.1 Å². The van der Waals surface area contributed by atoms with Crippen LogP contribution in [0, 0.1) is 0 Å². The summed E-state index contributed by atoms with van der Waals surface area (Å²) in [5.74, 6) is 1.81. The SMILES string of the molecule is COc1ccc(-n2nnnc2SCc2nc3ccsc3c(=O)[nH]2)cc1.